The molecule has 1 aromatic rings. The van der Waals surface area contributed by atoms with Crippen molar-refractivity contribution in [3.05, 3.63) is 42.5 Å². The molecule has 0 aliphatic carbocycles. The highest BCUT2D eigenvalue weighted by Crippen LogP contribution is 2.13. The van der Waals surface area contributed by atoms with Gasteiger partial charge in [0.2, 0.25) is 0 Å². The summed E-state index contributed by atoms with van der Waals surface area (Å²) in [7, 11) is 0. The number of benzene rings is 1. The molecule has 0 heterocycles. The molecule has 1 rings (SSSR count). The van der Waals surface area contributed by atoms with Crippen LogP contribution in [0, 0.1) is 0 Å². The third kappa shape index (κ3) is 6.73. The summed E-state index contributed by atoms with van der Waals surface area (Å²) in [6, 6.07) is 8.31. The lowest BCUT2D eigenvalue weighted by atomic mass is 10.2. The maximum atomic E-state index is 5.85. The summed E-state index contributed by atoms with van der Waals surface area (Å²) < 4.78 is 5.85. The molecule has 0 saturated heterocycles. The first-order valence-corrected chi connectivity index (χ1v) is 7.55. The lowest BCUT2D eigenvalue weighted by Crippen LogP contribution is -2.29. The summed E-state index contributed by atoms with van der Waals surface area (Å²) in [5.41, 5.74) is 1.26. The Kier molecular flexibility index (Phi) is 8.76. The van der Waals surface area contributed by atoms with Crippen molar-refractivity contribution in [2.45, 2.75) is 26.8 Å². The fourth-order valence-electron chi connectivity index (χ4n) is 2.10. The van der Waals surface area contributed by atoms with Crippen molar-refractivity contribution in [1.82, 2.24) is 10.2 Å². The molecule has 0 aliphatic rings. The average Bonchev–Trinajstić information content (AvgIpc) is 2.46. The van der Waals surface area contributed by atoms with Gasteiger partial charge in [0.25, 0.3) is 0 Å². The van der Waals surface area contributed by atoms with Crippen LogP contribution in [0.1, 0.15) is 25.8 Å². The Balaban J connectivity index is 2.38. The molecule has 0 saturated carbocycles. The van der Waals surface area contributed by atoms with Gasteiger partial charge in [0.05, 0.1) is 0 Å². The Labute approximate surface area is 123 Å². The van der Waals surface area contributed by atoms with Crippen LogP contribution in [0.2, 0.25) is 0 Å². The predicted molar refractivity (Wildman–Crippen MR) is 86.2 cm³/mol. The van der Waals surface area contributed by atoms with E-state index in [0.29, 0.717) is 0 Å². The second-order valence-electron chi connectivity index (χ2n) is 4.87. The summed E-state index contributed by atoms with van der Waals surface area (Å²) in [6.07, 6.45) is 3.11. The standard InChI is InChI=1S/C17H28N2O/c1-4-10-19(11-5-2)12-13-20-17-9-7-8-16(14-17)15-18-6-3/h4,7-9,14,18H,1,5-6,10-13,15H2,2-3H3. The first-order chi connectivity index (χ1) is 9.80. The van der Waals surface area contributed by atoms with Gasteiger partial charge in [-0.2, -0.15) is 0 Å². The fraction of sp³-hybridized carbons (Fsp3) is 0.529. The van der Waals surface area contributed by atoms with Gasteiger partial charge in [0, 0.05) is 19.6 Å². The van der Waals surface area contributed by atoms with Crippen LogP contribution in [0.3, 0.4) is 0 Å². The van der Waals surface area contributed by atoms with E-state index in [0.717, 1.165) is 51.5 Å². The fourth-order valence-corrected chi connectivity index (χ4v) is 2.10. The number of hydrogen-bond acceptors (Lipinski definition) is 3. The van der Waals surface area contributed by atoms with Gasteiger partial charge in [-0.15, -0.1) is 6.58 Å². The molecule has 0 amide bonds. The van der Waals surface area contributed by atoms with Crippen LogP contribution in [-0.2, 0) is 6.54 Å². The minimum absolute atomic E-state index is 0.721. The van der Waals surface area contributed by atoms with Crippen molar-refractivity contribution in [3.8, 4) is 5.75 Å². The number of rotatable bonds is 11. The third-order valence-electron chi connectivity index (χ3n) is 3.08. The molecule has 112 valence electrons. The Hall–Kier alpha value is -1.32. The van der Waals surface area contributed by atoms with E-state index in [-0.39, 0.29) is 0 Å². The molecule has 1 N–H and O–H groups in total. The zero-order chi connectivity index (χ0) is 14.6. The molecule has 0 unspecified atom stereocenters. The zero-order valence-electron chi connectivity index (χ0n) is 12.9. The highest BCUT2D eigenvalue weighted by Gasteiger charge is 2.02. The summed E-state index contributed by atoms with van der Waals surface area (Å²) >= 11 is 0. The summed E-state index contributed by atoms with van der Waals surface area (Å²) in [4.78, 5) is 2.36. The molecule has 0 fully saturated rings. The molecule has 0 aromatic heterocycles. The van der Waals surface area contributed by atoms with Crippen LogP contribution in [0.25, 0.3) is 0 Å². The Morgan fingerprint density at radius 3 is 2.85 bits per heavy atom. The highest BCUT2D eigenvalue weighted by molar-refractivity contribution is 5.28. The Morgan fingerprint density at radius 1 is 1.30 bits per heavy atom. The molecule has 0 atom stereocenters. The summed E-state index contributed by atoms with van der Waals surface area (Å²) in [5.74, 6) is 0.954. The molecule has 1 aromatic carbocycles. The van der Waals surface area contributed by atoms with Gasteiger partial charge in [0.15, 0.2) is 0 Å². The first-order valence-electron chi connectivity index (χ1n) is 7.55. The zero-order valence-corrected chi connectivity index (χ0v) is 12.9. The molecular formula is C17H28N2O. The normalized spacial score (nSPS) is 10.8. The lowest BCUT2D eigenvalue weighted by Gasteiger charge is -2.19. The molecule has 0 bridgehead atoms. The van der Waals surface area contributed by atoms with E-state index in [1.165, 1.54) is 5.56 Å². The van der Waals surface area contributed by atoms with Gasteiger partial charge < -0.3 is 10.1 Å². The van der Waals surface area contributed by atoms with Crippen molar-refractivity contribution >= 4 is 0 Å². The summed E-state index contributed by atoms with van der Waals surface area (Å²) in [5, 5.41) is 3.32. The van der Waals surface area contributed by atoms with Crippen molar-refractivity contribution in [1.29, 1.82) is 0 Å². The first kappa shape index (κ1) is 16.7. The maximum Gasteiger partial charge on any atom is 0.119 e. The smallest absolute Gasteiger partial charge is 0.119 e. The van der Waals surface area contributed by atoms with E-state index in [1.807, 2.05) is 12.1 Å². The van der Waals surface area contributed by atoms with E-state index < -0.39 is 0 Å². The van der Waals surface area contributed by atoms with Crippen LogP contribution in [0.5, 0.6) is 5.75 Å². The van der Waals surface area contributed by atoms with Crippen LogP contribution in [-0.4, -0.2) is 37.7 Å². The second-order valence-corrected chi connectivity index (χ2v) is 4.87. The average molecular weight is 276 g/mol. The molecular weight excluding hydrogens is 248 g/mol. The number of nitrogens with one attached hydrogen (secondary N) is 1. The molecule has 0 radical (unpaired) electrons. The summed E-state index contributed by atoms with van der Waals surface area (Å²) in [6.45, 7) is 13.7. The van der Waals surface area contributed by atoms with Gasteiger partial charge in [-0.3, -0.25) is 4.90 Å². The van der Waals surface area contributed by atoms with Gasteiger partial charge in [-0.05, 0) is 37.2 Å². The van der Waals surface area contributed by atoms with Crippen LogP contribution >= 0.6 is 0 Å². The van der Waals surface area contributed by atoms with Crippen LogP contribution in [0.4, 0.5) is 0 Å². The third-order valence-corrected chi connectivity index (χ3v) is 3.08. The monoisotopic (exact) mass is 276 g/mol. The number of nitrogens with zero attached hydrogens (tertiary/aromatic N) is 1. The molecule has 3 nitrogen and oxygen atoms in total. The number of ether oxygens (including phenoxy) is 1. The lowest BCUT2D eigenvalue weighted by molar-refractivity contribution is 0.223. The molecule has 0 spiro atoms. The Morgan fingerprint density at radius 2 is 2.15 bits per heavy atom. The van der Waals surface area contributed by atoms with Gasteiger partial charge in [-0.1, -0.05) is 32.1 Å². The predicted octanol–water partition coefficient (Wildman–Crippen LogP) is 3.07. The van der Waals surface area contributed by atoms with E-state index in [1.54, 1.807) is 0 Å². The molecule has 20 heavy (non-hydrogen) atoms. The minimum Gasteiger partial charge on any atom is -0.492 e. The highest BCUT2D eigenvalue weighted by atomic mass is 16.5. The van der Waals surface area contributed by atoms with E-state index >= 15 is 0 Å². The second kappa shape index (κ2) is 10.5. The van der Waals surface area contributed by atoms with Crippen molar-refractivity contribution in [2.75, 3.05) is 32.8 Å². The van der Waals surface area contributed by atoms with Gasteiger partial charge in [0.1, 0.15) is 12.4 Å². The van der Waals surface area contributed by atoms with Gasteiger partial charge >= 0.3 is 0 Å². The maximum absolute atomic E-state index is 5.85. The van der Waals surface area contributed by atoms with E-state index in [9.17, 15) is 0 Å². The van der Waals surface area contributed by atoms with Crippen molar-refractivity contribution < 1.29 is 4.74 Å². The molecule has 0 aliphatic heterocycles. The SMILES string of the molecule is C=CCN(CCC)CCOc1cccc(CNCC)c1. The quantitative estimate of drug-likeness (QED) is 0.629. The van der Waals surface area contributed by atoms with Crippen LogP contribution < -0.4 is 10.1 Å². The van der Waals surface area contributed by atoms with Crippen molar-refractivity contribution in [2.24, 2.45) is 0 Å². The van der Waals surface area contributed by atoms with Gasteiger partial charge in [-0.25, -0.2) is 0 Å². The van der Waals surface area contributed by atoms with Crippen LogP contribution in [0.15, 0.2) is 36.9 Å². The largest absolute Gasteiger partial charge is 0.492 e. The number of hydrogen-bond donors (Lipinski definition) is 1. The van der Waals surface area contributed by atoms with Crippen molar-refractivity contribution in [3.63, 3.8) is 0 Å². The van der Waals surface area contributed by atoms with E-state index in [2.05, 4.69) is 48.8 Å². The topological polar surface area (TPSA) is 24.5 Å². The molecule has 3 heteroatoms. The Bertz CT molecular complexity index is 379. The minimum atomic E-state index is 0.721. The van der Waals surface area contributed by atoms with E-state index in [4.69, 9.17) is 4.74 Å².